The van der Waals surface area contributed by atoms with Crippen molar-refractivity contribution in [2.45, 2.75) is 58.3 Å². The van der Waals surface area contributed by atoms with Gasteiger partial charge in [-0.1, -0.05) is 0 Å². The Morgan fingerprint density at radius 3 is 2.09 bits per heavy atom. The summed E-state index contributed by atoms with van der Waals surface area (Å²) >= 11 is 0. The molecule has 35 heavy (non-hydrogen) atoms. The number of esters is 3. The number of benzene rings is 1. The average molecular weight is 498 g/mol. The standard InChI is InChI=1S/C21H26N2O12/c1-11(24)22-18-20(34-14(4)27)19(33-13(3)26)17(9-30-12(2)25)35-21(18)32-10-31-16-7-5-15(6-8-16)23(28)29/h5-8,17-21H,9-10H2,1-4H3,(H,22,24)/t17-,18-,19-,20-,21-/m1/s1. The first-order valence-corrected chi connectivity index (χ1v) is 10.4. The molecule has 1 amide bonds. The molecule has 0 bridgehead atoms. The maximum absolute atomic E-state index is 11.9. The van der Waals surface area contributed by atoms with E-state index in [-0.39, 0.29) is 18.0 Å². The predicted octanol–water partition coefficient (Wildman–Crippen LogP) is 0.604. The SMILES string of the molecule is CC(=O)N[C@H]1[C@H](OCOc2ccc([N+](=O)[O-])cc2)O[C@H](COC(C)=O)[C@@H](OC(C)=O)[C@@H]1OC(C)=O. The summed E-state index contributed by atoms with van der Waals surface area (Å²) < 4.78 is 32.5. The monoisotopic (exact) mass is 498 g/mol. The van der Waals surface area contributed by atoms with E-state index in [0.717, 1.165) is 13.8 Å². The maximum Gasteiger partial charge on any atom is 0.303 e. The Morgan fingerprint density at radius 1 is 0.971 bits per heavy atom. The summed E-state index contributed by atoms with van der Waals surface area (Å²) in [6.07, 6.45) is -4.93. The molecule has 0 aromatic heterocycles. The van der Waals surface area contributed by atoms with Gasteiger partial charge in [0.1, 0.15) is 24.5 Å². The lowest BCUT2D eigenvalue weighted by molar-refractivity contribution is -0.384. The maximum atomic E-state index is 11.9. The van der Waals surface area contributed by atoms with Crippen LogP contribution in [0.2, 0.25) is 0 Å². The number of carbonyl (C=O) groups excluding carboxylic acids is 4. The highest BCUT2D eigenvalue weighted by Crippen LogP contribution is 2.28. The van der Waals surface area contributed by atoms with Gasteiger partial charge in [-0.3, -0.25) is 29.3 Å². The van der Waals surface area contributed by atoms with Crippen molar-refractivity contribution in [2.75, 3.05) is 13.4 Å². The number of rotatable bonds is 10. The van der Waals surface area contributed by atoms with Gasteiger partial charge in [-0.05, 0) is 12.1 Å². The normalized spacial score (nSPS) is 23.5. The van der Waals surface area contributed by atoms with Gasteiger partial charge < -0.3 is 33.7 Å². The molecular weight excluding hydrogens is 472 g/mol. The smallest absolute Gasteiger partial charge is 0.303 e. The van der Waals surface area contributed by atoms with Crippen LogP contribution >= 0.6 is 0 Å². The van der Waals surface area contributed by atoms with E-state index in [9.17, 15) is 29.3 Å². The van der Waals surface area contributed by atoms with Crippen LogP contribution in [-0.4, -0.2) is 72.8 Å². The van der Waals surface area contributed by atoms with Gasteiger partial charge in [0.25, 0.3) is 5.69 Å². The van der Waals surface area contributed by atoms with Crippen LogP contribution in [0.5, 0.6) is 5.75 Å². The van der Waals surface area contributed by atoms with Gasteiger partial charge in [-0.15, -0.1) is 0 Å². The molecular formula is C21H26N2O12. The molecule has 1 aromatic carbocycles. The third-order valence-corrected chi connectivity index (χ3v) is 4.58. The van der Waals surface area contributed by atoms with Gasteiger partial charge in [0.2, 0.25) is 5.91 Å². The molecule has 1 aliphatic heterocycles. The first kappa shape index (κ1) is 27.5. The van der Waals surface area contributed by atoms with Crippen LogP contribution in [0, 0.1) is 10.1 Å². The van der Waals surface area contributed by atoms with E-state index in [2.05, 4.69) is 5.32 Å². The number of hydrogen-bond acceptors (Lipinski definition) is 12. The topological polar surface area (TPSA) is 179 Å². The first-order valence-electron chi connectivity index (χ1n) is 10.4. The molecule has 0 spiro atoms. The fourth-order valence-corrected chi connectivity index (χ4v) is 3.27. The minimum absolute atomic E-state index is 0.131. The number of hydrogen-bond donors (Lipinski definition) is 1. The Bertz CT molecular complexity index is 935. The van der Waals surface area contributed by atoms with Crippen LogP contribution in [-0.2, 0) is 42.9 Å². The highest BCUT2D eigenvalue weighted by Gasteiger charge is 2.51. The summed E-state index contributed by atoms with van der Waals surface area (Å²) in [6.45, 7) is 3.81. The number of nitro groups is 1. The molecule has 0 unspecified atom stereocenters. The van der Waals surface area contributed by atoms with Crippen LogP contribution in [0.4, 0.5) is 5.69 Å². The second kappa shape index (κ2) is 12.6. The van der Waals surface area contributed by atoms with Crippen LogP contribution in [0.3, 0.4) is 0 Å². The molecule has 1 fully saturated rings. The number of nitrogens with one attached hydrogen (secondary N) is 1. The van der Waals surface area contributed by atoms with Crippen molar-refractivity contribution in [1.82, 2.24) is 5.32 Å². The average Bonchev–Trinajstić information content (AvgIpc) is 2.75. The second-order valence-electron chi connectivity index (χ2n) is 7.40. The molecule has 14 heteroatoms. The lowest BCUT2D eigenvalue weighted by Gasteiger charge is -2.44. The summed E-state index contributed by atoms with van der Waals surface area (Å²) in [5.41, 5.74) is -0.131. The second-order valence-corrected chi connectivity index (χ2v) is 7.40. The zero-order valence-corrected chi connectivity index (χ0v) is 19.5. The number of ether oxygens (including phenoxy) is 6. The van der Waals surface area contributed by atoms with Gasteiger partial charge >= 0.3 is 17.9 Å². The van der Waals surface area contributed by atoms with Crippen molar-refractivity contribution in [3.63, 3.8) is 0 Å². The largest absolute Gasteiger partial charge is 0.467 e. The summed E-state index contributed by atoms with van der Waals surface area (Å²) in [5.74, 6) is -2.39. The zero-order chi connectivity index (χ0) is 26.1. The Labute approximate surface area is 199 Å². The fraction of sp³-hybridized carbons (Fsp3) is 0.524. The summed E-state index contributed by atoms with van der Waals surface area (Å²) in [7, 11) is 0. The Morgan fingerprint density at radius 2 is 1.57 bits per heavy atom. The summed E-state index contributed by atoms with van der Waals surface area (Å²) in [6, 6.07) is 4.05. The molecule has 5 atom stereocenters. The number of amides is 1. The van der Waals surface area contributed by atoms with E-state index in [1.807, 2.05) is 0 Å². The molecule has 2 rings (SSSR count). The lowest BCUT2D eigenvalue weighted by atomic mass is 9.96. The van der Waals surface area contributed by atoms with Crippen molar-refractivity contribution < 1.29 is 52.5 Å². The quantitative estimate of drug-likeness (QED) is 0.156. The van der Waals surface area contributed by atoms with Crippen molar-refractivity contribution >= 4 is 29.5 Å². The molecule has 1 aromatic rings. The third-order valence-electron chi connectivity index (χ3n) is 4.58. The molecule has 192 valence electrons. The fourth-order valence-electron chi connectivity index (χ4n) is 3.27. The molecule has 14 nitrogen and oxygen atoms in total. The minimum atomic E-state index is -1.30. The van der Waals surface area contributed by atoms with Crippen LogP contribution in [0.15, 0.2) is 24.3 Å². The predicted molar refractivity (Wildman–Crippen MR) is 114 cm³/mol. The highest BCUT2D eigenvalue weighted by atomic mass is 16.8. The van der Waals surface area contributed by atoms with E-state index in [4.69, 9.17) is 28.4 Å². The van der Waals surface area contributed by atoms with Crippen molar-refractivity contribution in [3.8, 4) is 5.75 Å². The molecule has 0 saturated carbocycles. The van der Waals surface area contributed by atoms with Crippen molar-refractivity contribution in [1.29, 1.82) is 0 Å². The van der Waals surface area contributed by atoms with Gasteiger partial charge in [0.05, 0.1) is 4.92 Å². The van der Waals surface area contributed by atoms with Crippen LogP contribution in [0.1, 0.15) is 27.7 Å². The Kier molecular flexibility index (Phi) is 9.90. The lowest BCUT2D eigenvalue weighted by Crippen LogP contribution is -2.66. The molecule has 1 heterocycles. The summed E-state index contributed by atoms with van der Waals surface area (Å²) in [5, 5.41) is 13.3. The highest BCUT2D eigenvalue weighted by molar-refractivity contribution is 5.73. The van der Waals surface area contributed by atoms with Crippen LogP contribution in [0.25, 0.3) is 0 Å². The Balaban J connectivity index is 2.26. The zero-order valence-electron chi connectivity index (χ0n) is 19.5. The molecule has 1 aliphatic rings. The van der Waals surface area contributed by atoms with E-state index in [1.54, 1.807) is 0 Å². The van der Waals surface area contributed by atoms with E-state index in [1.165, 1.54) is 38.1 Å². The van der Waals surface area contributed by atoms with E-state index < -0.39 is 66.2 Å². The molecule has 1 N–H and O–H groups in total. The molecule has 0 aliphatic carbocycles. The summed E-state index contributed by atoms with van der Waals surface area (Å²) in [4.78, 5) is 57.0. The van der Waals surface area contributed by atoms with E-state index in [0.29, 0.717) is 0 Å². The van der Waals surface area contributed by atoms with Gasteiger partial charge in [0, 0.05) is 39.8 Å². The van der Waals surface area contributed by atoms with Crippen LogP contribution < -0.4 is 10.1 Å². The van der Waals surface area contributed by atoms with Gasteiger partial charge in [0.15, 0.2) is 25.3 Å². The minimum Gasteiger partial charge on any atom is -0.467 e. The van der Waals surface area contributed by atoms with Crippen molar-refractivity contribution in [2.24, 2.45) is 0 Å². The first-order chi connectivity index (χ1) is 16.5. The van der Waals surface area contributed by atoms with Gasteiger partial charge in [-0.25, -0.2) is 0 Å². The number of non-ortho nitro benzene ring substituents is 1. The number of carbonyl (C=O) groups is 4. The third kappa shape index (κ3) is 8.50. The van der Waals surface area contributed by atoms with Gasteiger partial charge in [-0.2, -0.15) is 0 Å². The van der Waals surface area contributed by atoms with Crippen molar-refractivity contribution in [3.05, 3.63) is 34.4 Å². The number of nitrogens with zero attached hydrogens (tertiary/aromatic N) is 1. The Hall–Kier alpha value is -3.78. The molecule has 0 radical (unpaired) electrons. The molecule has 1 saturated heterocycles. The van der Waals surface area contributed by atoms with E-state index >= 15 is 0 Å². The number of nitro benzene ring substituents is 1.